The Balaban J connectivity index is 1.91. The molecule has 1 aromatic carbocycles. The number of ether oxygens (including phenoxy) is 1. The van der Waals surface area contributed by atoms with Crippen LogP contribution in [0.2, 0.25) is 0 Å². The standard InChI is InChI=1S/C21H27NO6/c1-3-7-15-12-20(25)28-18-13-16(9-10-17(15)18)27-14(2)21(26)22-11-6-4-5-8-19(23)24/h9-10,12-14H,3-8,11H2,1-2H3,(H,22,26)(H,23,24)/t14-/m0/s1. The van der Waals surface area contributed by atoms with Crippen LogP contribution in [0, 0.1) is 0 Å². The molecule has 2 rings (SSSR count). The SMILES string of the molecule is CCCc1cc(=O)oc2cc(O[C@@H](C)C(=O)NCCCCCC(=O)O)ccc12. The lowest BCUT2D eigenvalue weighted by Crippen LogP contribution is -2.36. The fourth-order valence-corrected chi connectivity index (χ4v) is 2.95. The first-order valence-corrected chi connectivity index (χ1v) is 9.63. The predicted octanol–water partition coefficient (Wildman–Crippen LogP) is 3.27. The van der Waals surface area contributed by atoms with Gasteiger partial charge in [-0.15, -0.1) is 0 Å². The molecule has 0 aliphatic heterocycles. The van der Waals surface area contributed by atoms with Crippen molar-refractivity contribution in [2.24, 2.45) is 0 Å². The van der Waals surface area contributed by atoms with E-state index in [4.69, 9.17) is 14.3 Å². The van der Waals surface area contributed by atoms with Crippen LogP contribution in [-0.2, 0) is 16.0 Å². The van der Waals surface area contributed by atoms with E-state index < -0.39 is 17.7 Å². The van der Waals surface area contributed by atoms with E-state index in [0.29, 0.717) is 30.7 Å². The van der Waals surface area contributed by atoms with Gasteiger partial charge >= 0.3 is 11.6 Å². The summed E-state index contributed by atoms with van der Waals surface area (Å²) in [7, 11) is 0. The van der Waals surface area contributed by atoms with Gasteiger partial charge in [0, 0.05) is 30.5 Å². The van der Waals surface area contributed by atoms with Gasteiger partial charge in [-0.2, -0.15) is 0 Å². The average molecular weight is 389 g/mol. The van der Waals surface area contributed by atoms with Crippen LogP contribution in [0.1, 0.15) is 51.5 Å². The molecular formula is C21H27NO6. The summed E-state index contributed by atoms with van der Waals surface area (Å²) in [5.74, 6) is -0.605. The third kappa shape index (κ3) is 6.40. The second kappa shape index (κ2) is 10.5. The molecule has 7 nitrogen and oxygen atoms in total. The van der Waals surface area contributed by atoms with Crippen LogP contribution >= 0.6 is 0 Å². The van der Waals surface area contributed by atoms with E-state index >= 15 is 0 Å². The van der Waals surface area contributed by atoms with Gasteiger partial charge in [0.2, 0.25) is 0 Å². The summed E-state index contributed by atoms with van der Waals surface area (Å²) in [6.45, 7) is 4.16. The van der Waals surface area contributed by atoms with Crippen LogP contribution in [0.5, 0.6) is 5.75 Å². The zero-order valence-corrected chi connectivity index (χ0v) is 16.3. The molecular weight excluding hydrogens is 362 g/mol. The second-order valence-corrected chi connectivity index (χ2v) is 6.75. The Bertz CT molecular complexity index is 873. The normalized spacial score (nSPS) is 11.9. The Labute approximate surface area is 163 Å². The number of carboxylic acid groups (broad SMARTS) is 1. The molecule has 1 amide bonds. The maximum absolute atomic E-state index is 12.1. The molecule has 0 radical (unpaired) electrons. The highest BCUT2D eigenvalue weighted by Gasteiger charge is 2.15. The maximum Gasteiger partial charge on any atom is 0.336 e. The van der Waals surface area contributed by atoms with E-state index in [1.807, 2.05) is 13.0 Å². The molecule has 0 aliphatic rings. The Kier molecular flexibility index (Phi) is 8.04. The smallest absolute Gasteiger partial charge is 0.336 e. The topological polar surface area (TPSA) is 106 Å². The van der Waals surface area contributed by atoms with Crippen LogP contribution in [0.15, 0.2) is 33.5 Å². The van der Waals surface area contributed by atoms with Crippen LogP contribution in [0.4, 0.5) is 0 Å². The lowest BCUT2D eigenvalue weighted by molar-refractivity contribution is -0.137. The monoisotopic (exact) mass is 389 g/mol. The van der Waals surface area contributed by atoms with Crippen molar-refractivity contribution < 1.29 is 23.8 Å². The zero-order valence-electron chi connectivity index (χ0n) is 16.3. The summed E-state index contributed by atoms with van der Waals surface area (Å²) in [5, 5.41) is 12.2. The Morgan fingerprint density at radius 3 is 2.71 bits per heavy atom. The predicted molar refractivity (Wildman–Crippen MR) is 106 cm³/mol. The van der Waals surface area contributed by atoms with E-state index in [9.17, 15) is 14.4 Å². The number of benzene rings is 1. The quantitative estimate of drug-likeness (QED) is 0.451. The lowest BCUT2D eigenvalue weighted by Gasteiger charge is -2.15. The largest absolute Gasteiger partial charge is 0.481 e. The summed E-state index contributed by atoms with van der Waals surface area (Å²) in [6, 6.07) is 6.74. The summed E-state index contributed by atoms with van der Waals surface area (Å²) < 4.78 is 11.0. The van der Waals surface area contributed by atoms with Crippen molar-refractivity contribution >= 4 is 22.8 Å². The number of fused-ring (bicyclic) bond motifs is 1. The fourth-order valence-electron chi connectivity index (χ4n) is 2.95. The number of carboxylic acids is 1. The van der Waals surface area contributed by atoms with E-state index in [2.05, 4.69) is 5.32 Å². The molecule has 1 atom stereocenters. The fraction of sp³-hybridized carbons (Fsp3) is 0.476. The van der Waals surface area contributed by atoms with Gasteiger partial charge in [-0.25, -0.2) is 4.79 Å². The number of amides is 1. The minimum atomic E-state index is -0.806. The van der Waals surface area contributed by atoms with Gasteiger partial charge in [-0.3, -0.25) is 9.59 Å². The highest BCUT2D eigenvalue weighted by atomic mass is 16.5. The molecule has 1 heterocycles. The van der Waals surface area contributed by atoms with Crippen LogP contribution in [-0.4, -0.2) is 29.6 Å². The van der Waals surface area contributed by atoms with Crippen LogP contribution < -0.4 is 15.7 Å². The van der Waals surface area contributed by atoms with E-state index in [-0.39, 0.29) is 12.3 Å². The van der Waals surface area contributed by atoms with Crippen LogP contribution in [0.3, 0.4) is 0 Å². The van der Waals surface area contributed by atoms with Gasteiger partial charge in [-0.05, 0) is 43.9 Å². The van der Waals surface area contributed by atoms with E-state index in [1.54, 1.807) is 19.1 Å². The third-order valence-corrected chi connectivity index (χ3v) is 4.37. The average Bonchev–Trinajstić information content (AvgIpc) is 2.63. The summed E-state index contributed by atoms with van der Waals surface area (Å²) in [5.41, 5.74) is 0.982. The zero-order chi connectivity index (χ0) is 20.5. The molecule has 7 heteroatoms. The minimum absolute atomic E-state index is 0.144. The molecule has 0 bridgehead atoms. The van der Waals surface area contributed by atoms with Gasteiger partial charge in [0.1, 0.15) is 11.3 Å². The molecule has 2 N–H and O–H groups in total. The second-order valence-electron chi connectivity index (χ2n) is 6.75. The summed E-state index contributed by atoms with van der Waals surface area (Å²) in [6.07, 6.45) is 3.20. The van der Waals surface area contributed by atoms with Crippen molar-refractivity contribution in [3.8, 4) is 5.75 Å². The van der Waals surface area contributed by atoms with E-state index in [1.165, 1.54) is 6.07 Å². The van der Waals surface area contributed by atoms with Crippen molar-refractivity contribution in [1.82, 2.24) is 5.32 Å². The van der Waals surface area contributed by atoms with Crippen molar-refractivity contribution in [3.05, 3.63) is 40.2 Å². The lowest BCUT2D eigenvalue weighted by atomic mass is 10.1. The highest BCUT2D eigenvalue weighted by Crippen LogP contribution is 2.24. The molecule has 2 aromatic rings. The molecule has 152 valence electrons. The molecule has 28 heavy (non-hydrogen) atoms. The van der Waals surface area contributed by atoms with Crippen LogP contribution in [0.25, 0.3) is 11.0 Å². The molecule has 0 saturated carbocycles. The number of rotatable bonds is 11. The van der Waals surface area contributed by atoms with Crippen molar-refractivity contribution in [3.63, 3.8) is 0 Å². The maximum atomic E-state index is 12.1. The Morgan fingerprint density at radius 1 is 1.21 bits per heavy atom. The molecule has 0 spiro atoms. The number of hydrogen-bond acceptors (Lipinski definition) is 5. The Morgan fingerprint density at radius 2 is 2.00 bits per heavy atom. The number of aryl methyl sites for hydroxylation is 1. The first-order valence-electron chi connectivity index (χ1n) is 9.63. The van der Waals surface area contributed by atoms with Gasteiger partial charge in [0.15, 0.2) is 6.10 Å². The number of hydrogen-bond donors (Lipinski definition) is 2. The molecule has 1 aromatic heterocycles. The van der Waals surface area contributed by atoms with Gasteiger partial charge in [-0.1, -0.05) is 19.8 Å². The highest BCUT2D eigenvalue weighted by molar-refractivity contribution is 5.83. The number of carbonyl (C=O) groups excluding carboxylic acids is 1. The molecule has 0 fully saturated rings. The summed E-state index contributed by atoms with van der Waals surface area (Å²) in [4.78, 5) is 34.3. The van der Waals surface area contributed by atoms with Crippen molar-refractivity contribution in [2.75, 3.05) is 6.54 Å². The molecule has 0 aliphatic carbocycles. The number of aliphatic carboxylic acids is 1. The number of unbranched alkanes of at least 4 members (excludes halogenated alkanes) is 2. The Hall–Kier alpha value is -2.83. The van der Waals surface area contributed by atoms with Gasteiger partial charge in [0.05, 0.1) is 0 Å². The summed E-state index contributed by atoms with van der Waals surface area (Å²) >= 11 is 0. The van der Waals surface area contributed by atoms with Crippen molar-refractivity contribution in [1.29, 1.82) is 0 Å². The van der Waals surface area contributed by atoms with Gasteiger partial charge < -0.3 is 19.6 Å². The minimum Gasteiger partial charge on any atom is -0.481 e. The molecule has 0 saturated heterocycles. The third-order valence-electron chi connectivity index (χ3n) is 4.37. The molecule has 0 unspecified atom stereocenters. The number of nitrogens with one attached hydrogen (secondary N) is 1. The first kappa shape index (κ1) is 21.5. The number of carbonyl (C=O) groups is 2. The first-order chi connectivity index (χ1) is 13.4. The van der Waals surface area contributed by atoms with Gasteiger partial charge in [0.25, 0.3) is 5.91 Å². The van der Waals surface area contributed by atoms with Crippen molar-refractivity contribution in [2.45, 2.75) is 58.5 Å². The van der Waals surface area contributed by atoms with E-state index in [0.717, 1.165) is 30.2 Å².